The van der Waals surface area contributed by atoms with Gasteiger partial charge in [-0.25, -0.2) is 0 Å². The molecule has 13 heavy (non-hydrogen) atoms. The lowest BCUT2D eigenvalue weighted by molar-refractivity contribution is 0.675. The largest absolute Gasteiger partial charge is 0.328 e. The molecule has 1 nitrogen and oxygen atoms in total. The summed E-state index contributed by atoms with van der Waals surface area (Å²) < 4.78 is 0. The summed E-state index contributed by atoms with van der Waals surface area (Å²) in [6.07, 6.45) is 3.51. The maximum atomic E-state index is 5.87. The second-order valence-electron chi connectivity index (χ2n) is 3.82. The van der Waals surface area contributed by atoms with E-state index in [1.165, 1.54) is 12.0 Å². The minimum Gasteiger partial charge on any atom is -0.328 e. The molecule has 1 saturated carbocycles. The van der Waals surface area contributed by atoms with Crippen LogP contribution in [-0.2, 0) is 0 Å². The zero-order valence-corrected chi connectivity index (χ0v) is 8.30. The van der Waals surface area contributed by atoms with Crippen LogP contribution < -0.4 is 5.73 Å². The minimum atomic E-state index is 0.403. The van der Waals surface area contributed by atoms with Gasteiger partial charge in [-0.3, -0.25) is 0 Å². The first-order valence-electron chi connectivity index (χ1n) is 4.77. The summed E-state index contributed by atoms with van der Waals surface area (Å²) in [5.41, 5.74) is 7.25. The zero-order valence-electron chi connectivity index (χ0n) is 7.54. The molecule has 0 saturated heterocycles. The van der Waals surface area contributed by atoms with Gasteiger partial charge in [0.05, 0.1) is 0 Å². The molecule has 2 N–H and O–H groups in total. The maximum Gasteiger partial charge on any atom is 0.0406 e. The van der Waals surface area contributed by atoms with E-state index in [1.54, 1.807) is 0 Å². The molecule has 0 amide bonds. The van der Waals surface area contributed by atoms with Crippen LogP contribution >= 0.6 is 11.6 Å². The van der Waals surface area contributed by atoms with E-state index in [1.807, 2.05) is 12.1 Å². The Balaban J connectivity index is 2.13. The van der Waals surface area contributed by atoms with E-state index in [-0.39, 0.29) is 0 Å². The Hall–Kier alpha value is -0.530. The van der Waals surface area contributed by atoms with Crippen LogP contribution in [0.4, 0.5) is 0 Å². The van der Waals surface area contributed by atoms with Crippen LogP contribution in [0.5, 0.6) is 0 Å². The third-order valence-corrected chi connectivity index (χ3v) is 3.07. The van der Waals surface area contributed by atoms with E-state index >= 15 is 0 Å². The smallest absolute Gasteiger partial charge is 0.0406 e. The molecule has 2 atom stereocenters. The summed E-state index contributed by atoms with van der Waals surface area (Å²) in [5, 5.41) is 0.811. The standard InChI is InChI=1S/C11H14ClN/c12-10-4-1-8(2-5-10)9-3-6-11(13)7-9/h1-2,4-5,9,11H,3,6-7,13H2/t9-,11-/m0/s1. The van der Waals surface area contributed by atoms with Crippen molar-refractivity contribution >= 4 is 11.6 Å². The molecule has 0 spiro atoms. The highest BCUT2D eigenvalue weighted by Crippen LogP contribution is 2.33. The van der Waals surface area contributed by atoms with E-state index in [2.05, 4.69) is 12.1 Å². The maximum absolute atomic E-state index is 5.87. The van der Waals surface area contributed by atoms with Crippen LogP contribution in [0.3, 0.4) is 0 Å². The van der Waals surface area contributed by atoms with Gasteiger partial charge in [-0.2, -0.15) is 0 Å². The molecule has 70 valence electrons. The Bertz CT molecular complexity index is 281. The summed E-state index contributed by atoms with van der Waals surface area (Å²) in [6, 6.07) is 8.55. The predicted molar refractivity (Wildman–Crippen MR) is 56.0 cm³/mol. The first-order valence-corrected chi connectivity index (χ1v) is 5.14. The van der Waals surface area contributed by atoms with Crippen LogP contribution in [0.15, 0.2) is 24.3 Å². The molecule has 1 fully saturated rings. The fourth-order valence-electron chi connectivity index (χ4n) is 2.05. The number of nitrogens with two attached hydrogens (primary N) is 1. The van der Waals surface area contributed by atoms with Gasteiger partial charge in [-0.15, -0.1) is 0 Å². The highest BCUT2D eigenvalue weighted by atomic mass is 35.5. The molecule has 2 heteroatoms. The van der Waals surface area contributed by atoms with Crippen molar-refractivity contribution in [2.75, 3.05) is 0 Å². The predicted octanol–water partition coefficient (Wildman–Crippen LogP) is 2.93. The highest BCUT2D eigenvalue weighted by Gasteiger charge is 2.22. The lowest BCUT2D eigenvalue weighted by atomic mass is 9.98. The van der Waals surface area contributed by atoms with Crippen molar-refractivity contribution in [2.45, 2.75) is 31.2 Å². The molecule has 0 bridgehead atoms. The number of halogens is 1. The van der Waals surface area contributed by atoms with Crippen molar-refractivity contribution in [3.63, 3.8) is 0 Å². The molecule has 1 aliphatic rings. The molecule has 1 aromatic carbocycles. The van der Waals surface area contributed by atoms with Crippen LogP contribution in [-0.4, -0.2) is 6.04 Å². The van der Waals surface area contributed by atoms with Gasteiger partial charge in [-0.05, 0) is 42.9 Å². The fraction of sp³-hybridized carbons (Fsp3) is 0.455. The molecular weight excluding hydrogens is 182 g/mol. The van der Waals surface area contributed by atoms with Gasteiger partial charge >= 0.3 is 0 Å². The summed E-state index contributed by atoms with van der Waals surface area (Å²) in [4.78, 5) is 0. The number of hydrogen-bond donors (Lipinski definition) is 1. The number of benzene rings is 1. The average Bonchev–Trinajstić information content (AvgIpc) is 2.53. The Morgan fingerprint density at radius 2 is 1.85 bits per heavy atom. The lowest BCUT2D eigenvalue weighted by Gasteiger charge is -2.09. The zero-order chi connectivity index (χ0) is 9.26. The Kier molecular flexibility index (Phi) is 2.56. The average molecular weight is 196 g/mol. The Morgan fingerprint density at radius 3 is 2.38 bits per heavy atom. The van der Waals surface area contributed by atoms with Gasteiger partial charge in [0.2, 0.25) is 0 Å². The molecule has 0 radical (unpaired) electrons. The second kappa shape index (κ2) is 3.69. The van der Waals surface area contributed by atoms with Crippen molar-refractivity contribution in [1.82, 2.24) is 0 Å². The minimum absolute atomic E-state index is 0.403. The molecule has 1 aromatic rings. The first-order chi connectivity index (χ1) is 6.25. The van der Waals surface area contributed by atoms with Crippen molar-refractivity contribution in [3.05, 3.63) is 34.9 Å². The molecule has 0 aliphatic heterocycles. The number of hydrogen-bond acceptors (Lipinski definition) is 1. The summed E-state index contributed by atoms with van der Waals surface area (Å²) in [7, 11) is 0. The van der Waals surface area contributed by atoms with E-state index in [9.17, 15) is 0 Å². The van der Waals surface area contributed by atoms with Crippen molar-refractivity contribution in [2.24, 2.45) is 5.73 Å². The summed E-state index contributed by atoms with van der Waals surface area (Å²) >= 11 is 5.82. The van der Waals surface area contributed by atoms with E-state index < -0.39 is 0 Å². The van der Waals surface area contributed by atoms with Crippen molar-refractivity contribution < 1.29 is 0 Å². The summed E-state index contributed by atoms with van der Waals surface area (Å²) in [5.74, 6) is 0.660. The van der Waals surface area contributed by atoms with E-state index in [0.29, 0.717) is 12.0 Å². The molecule has 0 aromatic heterocycles. The van der Waals surface area contributed by atoms with Crippen LogP contribution in [0.1, 0.15) is 30.7 Å². The van der Waals surface area contributed by atoms with Crippen LogP contribution in [0.25, 0.3) is 0 Å². The van der Waals surface area contributed by atoms with Crippen LogP contribution in [0, 0.1) is 0 Å². The number of rotatable bonds is 1. The van der Waals surface area contributed by atoms with Gasteiger partial charge in [0.25, 0.3) is 0 Å². The highest BCUT2D eigenvalue weighted by molar-refractivity contribution is 6.30. The molecule has 2 rings (SSSR count). The van der Waals surface area contributed by atoms with Gasteiger partial charge < -0.3 is 5.73 Å². The van der Waals surface area contributed by atoms with Gasteiger partial charge in [-0.1, -0.05) is 23.7 Å². The van der Waals surface area contributed by atoms with Gasteiger partial charge in [0, 0.05) is 11.1 Å². The quantitative estimate of drug-likeness (QED) is 0.733. The lowest BCUT2D eigenvalue weighted by Crippen LogP contribution is -2.14. The van der Waals surface area contributed by atoms with Crippen LogP contribution in [0.2, 0.25) is 5.02 Å². The summed E-state index contributed by atoms with van der Waals surface area (Å²) in [6.45, 7) is 0. The van der Waals surface area contributed by atoms with Gasteiger partial charge in [0.1, 0.15) is 0 Å². The molecular formula is C11H14ClN. The molecule has 0 unspecified atom stereocenters. The first kappa shape index (κ1) is 9.04. The van der Waals surface area contributed by atoms with Crippen molar-refractivity contribution in [3.8, 4) is 0 Å². The fourth-order valence-corrected chi connectivity index (χ4v) is 2.18. The second-order valence-corrected chi connectivity index (χ2v) is 4.26. The third kappa shape index (κ3) is 2.04. The third-order valence-electron chi connectivity index (χ3n) is 2.81. The normalized spacial score (nSPS) is 27.8. The topological polar surface area (TPSA) is 26.0 Å². The van der Waals surface area contributed by atoms with E-state index in [0.717, 1.165) is 17.9 Å². The SMILES string of the molecule is N[C@H]1CC[C@H](c2ccc(Cl)cc2)C1. The molecule has 1 aliphatic carbocycles. The van der Waals surface area contributed by atoms with Crippen molar-refractivity contribution in [1.29, 1.82) is 0 Å². The Morgan fingerprint density at radius 1 is 1.15 bits per heavy atom. The molecule has 0 heterocycles. The van der Waals surface area contributed by atoms with E-state index in [4.69, 9.17) is 17.3 Å². The Labute approximate surface area is 83.9 Å². The monoisotopic (exact) mass is 195 g/mol. The van der Waals surface area contributed by atoms with Gasteiger partial charge in [0.15, 0.2) is 0 Å².